The molecule has 0 aliphatic rings. The number of aromatic hydroxyl groups is 1. The summed E-state index contributed by atoms with van der Waals surface area (Å²) in [6.07, 6.45) is 1.02. The van der Waals surface area contributed by atoms with Crippen molar-refractivity contribution >= 4 is 22.6 Å². The second-order valence-corrected chi connectivity index (χ2v) is 5.20. The van der Waals surface area contributed by atoms with E-state index in [1.807, 2.05) is 30.3 Å². The molecule has 0 aliphatic heterocycles. The monoisotopic (exact) mass is 286 g/mol. The molecule has 4 heteroatoms. The van der Waals surface area contributed by atoms with Gasteiger partial charge in [0.2, 0.25) is 0 Å². The fraction of sp³-hybridized carbons (Fsp3) is 0.188. The maximum Gasteiger partial charge on any atom is 0.141 e. The summed E-state index contributed by atoms with van der Waals surface area (Å²) < 4.78 is 2.17. The van der Waals surface area contributed by atoms with Gasteiger partial charge in [0.1, 0.15) is 11.6 Å². The molecule has 0 atom stereocenters. The van der Waals surface area contributed by atoms with E-state index in [0.717, 1.165) is 35.4 Å². The topological polar surface area (TPSA) is 38.0 Å². The Morgan fingerprint density at radius 1 is 1.15 bits per heavy atom. The summed E-state index contributed by atoms with van der Waals surface area (Å²) >= 11 is 6.09. The zero-order valence-corrected chi connectivity index (χ0v) is 11.9. The largest absolute Gasteiger partial charge is 0.508 e. The minimum absolute atomic E-state index is 0.259. The molecule has 0 saturated carbocycles. The Bertz CT molecular complexity index is 747. The Labute approximate surface area is 122 Å². The van der Waals surface area contributed by atoms with E-state index in [1.54, 1.807) is 12.1 Å². The van der Waals surface area contributed by atoms with Crippen LogP contribution in [0.4, 0.5) is 0 Å². The number of imidazole rings is 1. The van der Waals surface area contributed by atoms with Crippen LogP contribution in [0.15, 0.2) is 42.5 Å². The molecule has 102 valence electrons. The minimum Gasteiger partial charge on any atom is -0.508 e. The van der Waals surface area contributed by atoms with E-state index in [2.05, 4.69) is 11.5 Å². The van der Waals surface area contributed by atoms with E-state index in [0.29, 0.717) is 5.02 Å². The molecular weight excluding hydrogens is 272 g/mol. The van der Waals surface area contributed by atoms with Crippen molar-refractivity contribution in [3.05, 3.63) is 47.5 Å². The molecule has 0 bridgehead atoms. The van der Waals surface area contributed by atoms with Crippen LogP contribution in [0.2, 0.25) is 5.02 Å². The van der Waals surface area contributed by atoms with Gasteiger partial charge in [-0.15, -0.1) is 0 Å². The number of hydrogen-bond acceptors (Lipinski definition) is 2. The first-order chi connectivity index (χ1) is 9.69. The van der Waals surface area contributed by atoms with Crippen LogP contribution in [-0.4, -0.2) is 14.7 Å². The summed E-state index contributed by atoms with van der Waals surface area (Å²) in [6, 6.07) is 12.9. The van der Waals surface area contributed by atoms with Gasteiger partial charge >= 0.3 is 0 Å². The van der Waals surface area contributed by atoms with E-state index in [4.69, 9.17) is 16.6 Å². The van der Waals surface area contributed by atoms with Gasteiger partial charge in [0.25, 0.3) is 0 Å². The fourth-order valence-corrected chi connectivity index (χ4v) is 2.54. The lowest BCUT2D eigenvalue weighted by Gasteiger charge is -2.08. The van der Waals surface area contributed by atoms with Crippen molar-refractivity contribution in [2.75, 3.05) is 0 Å². The summed E-state index contributed by atoms with van der Waals surface area (Å²) in [5.74, 6) is 1.17. The predicted molar refractivity (Wildman–Crippen MR) is 82.1 cm³/mol. The number of hydrogen-bond donors (Lipinski definition) is 1. The standard InChI is InChI=1S/C16H15ClN2O/c1-2-9-19-15-10-12(17)5-8-14(15)18-16(19)11-3-6-13(20)7-4-11/h3-8,10,20H,2,9H2,1H3. The molecule has 0 unspecified atom stereocenters. The molecule has 0 amide bonds. The van der Waals surface area contributed by atoms with Crippen molar-refractivity contribution in [1.82, 2.24) is 9.55 Å². The van der Waals surface area contributed by atoms with E-state index in [9.17, 15) is 5.11 Å². The zero-order chi connectivity index (χ0) is 14.1. The van der Waals surface area contributed by atoms with E-state index in [1.165, 1.54) is 0 Å². The SMILES string of the molecule is CCCn1c(-c2ccc(O)cc2)nc2ccc(Cl)cc21. The molecule has 0 fully saturated rings. The summed E-state index contributed by atoms with van der Waals surface area (Å²) in [4.78, 5) is 4.69. The average molecular weight is 287 g/mol. The molecule has 0 radical (unpaired) electrons. The van der Waals surface area contributed by atoms with Crippen molar-refractivity contribution in [2.45, 2.75) is 19.9 Å². The minimum atomic E-state index is 0.259. The number of aryl methyl sites for hydroxylation is 1. The highest BCUT2D eigenvalue weighted by Crippen LogP contribution is 2.28. The molecule has 3 rings (SSSR count). The predicted octanol–water partition coefficient (Wildman–Crippen LogP) is 4.47. The van der Waals surface area contributed by atoms with E-state index < -0.39 is 0 Å². The van der Waals surface area contributed by atoms with Gasteiger partial charge < -0.3 is 9.67 Å². The number of fused-ring (bicyclic) bond motifs is 1. The molecule has 3 nitrogen and oxygen atoms in total. The maximum atomic E-state index is 9.41. The maximum absolute atomic E-state index is 9.41. The van der Waals surface area contributed by atoms with Gasteiger partial charge in [0.15, 0.2) is 0 Å². The first kappa shape index (κ1) is 13.0. The van der Waals surface area contributed by atoms with Crippen LogP contribution in [0.1, 0.15) is 13.3 Å². The normalized spacial score (nSPS) is 11.1. The molecule has 1 heterocycles. The number of benzene rings is 2. The molecule has 0 aliphatic carbocycles. The molecule has 0 spiro atoms. The van der Waals surface area contributed by atoms with Crippen LogP contribution in [0.3, 0.4) is 0 Å². The van der Waals surface area contributed by atoms with Crippen molar-refractivity contribution in [1.29, 1.82) is 0 Å². The van der Waals surface area contributed by atoms with Crippen LogP contribution < -0.4 is 0 Å². The number of phenols is 1. The Morgan fingerprint density at radius 2 is 1.90 bits per heavy atom. The highest BCUT2D eigenvalue weighted by atomic mass is 35.5. The lowest BCUT2D eigenvalue weighted by atomic mass is 10.2. The summed E-state index contributed by atoms with van der Waals surface area (Å²) in [5.41, 5.74) is 2.97. The zero-order valence-electron chi connectivity index (χ0n) is 11.2. The summed E-state index contributed by atoms with van der Waals surface area (Å²) in [5, 5.41) is 10.1. The van der Waals surface area contributed by atoms with Crippen LogP contribution in [-0.2, 0) is 6.54 Å². The molecule has 2 aromatic carbocycles. The van der Waals surface area contributed by atoms with Gasteiger partial charge in [-0.05, 0) is 48.9 Å². The molecule has 1 aromatic heterocycles. The first-order valence-electron chi connectivity index (χ1n) is 6.64. The van der Waals surface area contributed by atoms with Crippen LogP contribution in [0.5, 0.6) is 5.75 Å². The van der Waals surface area contributed by atoms with Crippen molar-refractivity contribution in [3.8, 4) is 17.1 Å². The second kappa shape index (κ2) is 5.17. The Balaban J connectivity index is 2.23. The number of rotatable bonds is 3. The smallest absolute Gasteiger partial charge is 0.141 e. The number of phenolic OH excluding ortho intramolecular Hbond substituents is 1. The third-order valence-electron chi connectivity index (χ3n) is 3.28. The van der Waals surface area contributed by atoms with E-state index in [-0.39, 0.29) is 5.75 Å². The van der Waals surface area contributed by atoms with E-state index >= 15 is 0 Å². The van der Waals surface area contributed by atoms with Gasteiger partial charge in [-0.2, -0.15) is 0 Å². The molecule has 3 aromatic rings. The Hall–Kier alpha value is -2.00. The summed E-state index contributed by atoms with van der Waals surface area (Å²) in [7, 11) is 0. The Morgan fingerprint density at radius 3 is 2.60 bits per heavy atom. The van der Waals surface area contributed by atoms with Gasteiger partial charge in [0.05, 0.1) is 11.0 Å². The average Bonchev–Trinajstić information content (AvgIpc) is 2.79. The van der Waals surface area contributed by atoms with Gasteiger partial charge in [-0.1, -0.05) is 18.5 Å². The van der Waals surface area contributed by atoms with Gasteiger partial charge in [0, 0.05) is 17.1 Å². The highest BCUT2D eigenvalue weighted by Gasteiger charge is 2.12. The van der Waals surface area contributed by atoms with Crippen molar-refractivity contribution < 1.29 is 5.11 Å². The van der Waals surface area contributed by atoms with Crippen LogP contribution >= 0.6 is 11.6 Å². The lowest BCUT2D eigenvalue weighted by molar-refractivity contribution is 0.475. The van der Waals surface area contributed by atoms with Gasteiger partial charge in [-0.25, -0.2) is 4.98 Å². The van der Waals surface area contributed by atoms with Gasteiger partial charge in [-0.3, -0.25) is 0 Å². The second-order valence-electron chi connectivity index (χ2n) is 4.77. The first-order valence-corrected chi connectivity index (χ1v) is 7.02. The van der Waals surface area contributed by atoms with Crippen LogP contribution in [0, 0.1) is 0 Å². The van der Waals surface area contributed by atoms with Crippen molar-refractivity contribution in [3.63, 3.8) is 0 Å². The third-order valence-corrected chi connectivity index (χ3v) is 3.52. The Kier molecular flexibility index (Phi) is 3.36. The quantitative estimate of drug-likeness (QED) is 0.771. The molecular formula is C16H15ClN2O. The highest BCUT2D eigenvalue weighted by molar-refractivity contribution is 6.31. The van der Waals surface area contributed by atoms with Crippen molar-refractivity contribution in [2.24, 2.45) is 0 Å². The molecule has 0 saturated heterocycles. The molecule has 1 N–H and O–H groups in total. The number of halogens is 1. The van der Waals surface area contributed by atoms with Crippen LogP contribution in [0.25, 0.3) is 22.4 Å². The third kappa shape index (κ3) is 2.25. The number of aromatic nitrogens is 2. The lowest BCUT2D eigenvalue weighted by Crippen LogP contribution is -1.99. The summed E-state index contributed by atoms with van der Waals surface area (Å²) in [6.45, 7) is 3.02. The molecule has 20 heavy (non-hydrogen) atoms. The fourth-order valence-electron chi connectivity index (χ4n) is 2.38. The number of nitrogens with zero attached hydrogens (tertiary/aromatic N) is 2.